The SMILES string of the molecule is N#Cc1ccsc1NC(=O)COC(=O)c1ccc(C2SCCCS2)cc1. The van der Waals surface area contributed by atoms with E-state index < -0.39 is 18.5 Å². The summed E-state index contributed by atoms with van der Waals surface area (Å²) in [5, 5.41) is 13.7. The molecule has 134 valence electrons. The monoisotopic (exact) mass is 404 g/mol. The molecule has 0 atom stereocenters. The van der Waals surface area contributed by atoms with Crippen molar-refractivity contribution in [3.63, 3.8) is 0 Å². The van der Waals surface area contributed by atoms with E-state index in [-0.39, 0.29) is 0 Å². The number of thioether (sulfide) groups is 2. The lowest BCUT2D eigenvalue weighted by molar-refractivity contribution is -0.119. The maximum Gasteiger partial charge on any atom is 0.338 e. The van der Waals surface area contributed by atoms with Crippen molar-refractivity contribution in [2.45, 2.75) is 11.0 Å². The average Bonchev–Trinajstić information content (AvgIpc) is 3.14. The molecule has 1 aromatic heterocycles. The van der Waals surface area contributed by atoms with E-state index in [1.807, 2.05) is 41.7 Å². The molecule has 1 amide bonds. The van der Waals surface area contributed by atoms with Gasteiger partial charge in [0.2, 0.25) is 0 Å². The summed E-state index contributed by atoms with van der Waals surface area (Å²) in [6, 6.07) is 11.0. The smallest absolute Gasteiger partial charge is 0.338 e. The lowest BCUT2D eigenvalue weighted by atomic mass is 10.1. The Morgan fingerprint density at radius 2 is 1.92 bits per heavy atom. The van der Waals surface area contributed by atoms with Gasteiger partial charge in [-0.1, -0.05) is 12.1 Å². The van der Waals surface area contributed by atoms with E-state index in [0.29, 0.717) is 20.7 Å². The Kier molecular flexibility index (Phi) is 6.61. The number of ether oxygens (including phenoxy) is 1. The molecule has 0 unspecified atom stereocenters. The van der Waals surface area contributed by atoms with Crippen molar-refractivity contribution in [1.82, 2.24) is 0 Å². The first-order chi connectivity index (χ1) is 12.7. The molecule has 0 aliphatic carbocycles. The number of hydrogen-bond donors (Lipinski definition) is 1. The number of anilines is 1. The summed E-state index contributed by atoms with van der Waals surface area (Å²) in [6.07, 6.45) is 1.24. The van der Waals surface area contributed by atoms with Gasteiger partial charge in [0.1, 0.15) is 11.1 Å². The highest BCUT2D eigenvalue weighted by molar-refractivity contribution is 8.16. The average molecular weight is 405 g/mol. The quantitative estimate of drug-likeness (QED) is 0.749. The van der Waals surface area contributed by atoms with Crippen LogP contribution in [0.3, 0.4) is 0 Å². The summed E-state index contributed by atoms with van der Waals surface area (Å²) in [5.41, 5.74) is 2.00. The van der Waals surface area contributed by atoms with Gasteiger partial charge >= 0.3 is 5.97 Å². The molecule has 0 spiro atoms. The van der Waals surface area contributed by atoms with Gasteiger partial charge in [-0.05, 0) is 47.1 Å². The molecular weight excluding hydrogens is 388 g/mol. The van der Waals surface area contributed by atoms with Crippen LogP contribution in [-0.2, 0) is 9.53 Å². The third kappa shape index (κ3) is 4.81. The van der Waals surface area contributed by atoms with Crippen molar-refractivity contribution in [2.75, 3.05) is 23.4 Å². The molecule has 1 aromatic carbocycles. The molecule has 8 heteroatoms. The van der Waals surface area contributed by atoms with Crippen molar-refractivity contribution in [3.8, 4) is 6.07 Å². The number of carbonyl (C=O) groups excluding carboxylic acids is 2. The Morgan fingerprint density at radius 3 is 2.62 bits per heavy atom. The molecule has 0 radical (unpaired) electrons. The van der Waals surface area contributed by atoms with Gasteiger partial charge in [0, 0.05) is 0 Å². The van der Waals surface area contributed by atoms with Crippen LogP contribution >= 0.6 is 34.9 Å². The number of nitriles is 1. The highest BCUT2D eigenvalue weighted by atomic mass is 32.2. The van der Waals surface area contributed by atoms with Crippen LogP contribution in [0.15, 0.2) is 35.7 Å². The number of thiophene rings is 1. The molecular formula is C18H16N2O3S3. The van der Waals surface area contributed by atoms with Gasteiger partial charge < -0.3 is 10.1 Å². The van der Waals surface area contributed by atoms with Crippen LogP contribution in [0.5, 0.6) is 0 Å². The first-order valence-electron chi connectivity index (χ1n) is 7.95. The van der Waals surface area contributed by atoms with E-state index in [4.69, 9.17) is 10.00 Å². The highest BCUT2D eigenvalue weighted by Crippen LogP contribution is 2.43. The molecule has 3 rings (SSSR count). The van der Waals surface area contributed by atoms with Gasteiger partial charge in [-0.25, -0.2) is 4.79 Å². The fourth-order valence-corrected chi connectivity index (χ4v) is 5.98. The van der Waals surface area contributed by atoms with Crippen molar-refractivity contribution >= 4 is 51.7 Å². The zero-order chi connectivity index (χ0) is 18.4. The van der Waals surface area contributed by atoms with Gasteiger partial charge in [0.05, 0.1) is 15.7 Å². The van der Waals surface area contributed by atoms with Crippen LogP contribution in [-0.4, -0.2) is 30.0 Å². The molecule has 0 saturated carbocycles. The standard InChI is InChI=1S/C18H16N2O3S3/c19-10-14-6-9-24-16(14)20-15(21)11-23-17(22)12-2-4-13(5-3-12)18-25-7-1-8-26-18/h2-6,9,18H,1,7-8,11H2,(H,20,21). The minimum Gasteiger partial charge on any atom is -0.452 e. The summed E-state index contributed by atoms with van der Waals surface area (Å²) >= 11 is 5.09. The largest absolute Gasteiger partial charge is 0.452 e. The van der Waals surface area contributed by atoms with Crippen LogP contribution < -0.4 is 5.32 Å². The molecule has 1 fully saturated rings. The van der Waals surface area contributed by atoms with Crippen molar-refractivity contribution in [2.24, 2.45) is 0 Å². The summed E-state index contributed by atoms with van der Waals surface area (Å²) in [5.74, 6) is 1.31. The van der Waals surface area contributed by atoms with Crippen LogP contribution in [0.25, 0.3) is 0 Å². The van der Waals surface area contributed by atoms with Gasteiger partial charge in [-0.3, -0.25) is 4.79 Å². The molecule has 2 aromatic rings. The maximum atomic E-state index is 12.1. The number of amides is 1. The number of hydrogen-bond acceptors (Lipinski definition) is 7. The lowest BCUT2D eigenvalue weighted by Crippen LogP contribution is -2.20. The summed E-state index contributed by atoms with van der Waals surface area (Å²) in [4.78, 5) is 24.0. The third-order valence-corrected chi connectivity index (χ3v) is 7.46. The number of benzene rings is 1. The molecule has 1 aliphatic rings. The van der Waals surface area contributed by atoms with E-state index in [2.05, 4.69) is 5.32 Å². The Labute approximate surface area is 164 Å². The second-order valence-electron chi connectivity index (χ2n) is 5.45. The maximum absolute atomic E-state index is 12.1. The first-order valence-corrected chi connectivity index (χ1v) is 10.9. The second kappa shape index (κ2) is 9.12. The van der Waals surface area contributed by atoms with E-state index in [9.17, 15) is 9.59 Å². The Bertz CT molecular complexity index is 821. The number of nitrogens with one attached hydrogen (secondary N) is 1. The number of carbonyl (C=O) groups is 2. The normalized spacial score (nSPS) is 14.4. The first kappa shape index (κ1) is 18.8. The van der Waals surface area contributed by atoms with E-state index in [1.54, 1.807) is 23.6 Å². The Balaban J connectivity index is 1.51. The van der Waals surface area contributed by atoms with Crippen LogP contribution in [0.1, 0.15) is 32.5 Å². The zero-order valence-corrected chi connectivity index (χ0v) is 16.2. The molecule has 1 N–H and O–H groups in total. The number of esters is 1. The summed E-state index contributed by atoms with van der Waals surface area (Å²) in [6.45, 7) is -0.391. The number of nitrogens with zero attached hydrogens (tertiary/aromatic N) is 1. The minimum absolute atomic E-state index is 0.391. The highest BCUT2D eigenvalue weighted by Gasteiger charge is 2.17. The fourth-order valence-electron chi connectivity index (χ4n) is 2.33. The van der Waals surface area contributed by atoms with Crippen molar-refractivity contribution in [3.05, 3.63) is 52.4 Å². The molecule has 5 nitrogen and oxygen atoms in total. The topological polar surface area (TPSA) is 79.2 Å². The zero-order valence-electron chi connectivity index (χ0n) is 13.8. The Morgan fingerprint density at radius 1 is 1.19 bits per heavy atom. The van der Waals surface area contributed by atoms with E-state index in [1.165, 1.54) is 23.3 Å². The van der Waals surface area contributed by atoms with Crippen LogP contribution in [0, 0.1) is 11.3 Å². The molecule has 0 bridgehead atoms. The van der Waals surface area contributed by atoms with E-state index in [0.717, 1.165) is 11.5 Å². The summed E-state index contributed by atoms with van der Waals surface area (Å²) in [7, 11) is 0. The predicted octanol–water partition coefficient (Wildman–Crippen LogP) is 4.28. The predicted molar refractivity (Wildman–Crippen MR) is 107 cm³/mol. The lowest BCUT2D eigenvalue weighted by Gasteiger charge is -2.21. The number of rotatable bonds is 5. The van der Waals surface area contributed by atoms with E-state index >= 15 is 0 Å². The molecule has 1 aliphatic heterocycles. The van der Waals surface area contributed by atoms with Gasteiger partial charge in [-0.2, -0.15) is 5.26 Å². The minimum atomic E-state index is -0.540. The van der Waals surface area contributed by atoms with Crippen LogP contribution in [0.4, 0.5) is 5.00 Å². The molecule has 1 saturated heterocycles. The molecule has 26 heavy (non-hydrogen) atoms. The molecule has 2 heterocycles. The summed E-state index contributed by atoms with van der Waals surface area (Å²) < 4.78 is 5.47. The van der Waals surface area contributed by atoms with Gasteiger partial charge in [0.15, 0.2) is 6.61 Å². The third-order valence-electron chi connectivity index (χ3n) is 3.62. The Hall–Kier alpha value is -1.95. The second-order valence-corrected chi connectivity index (χ2v) is 9.09. The van der Waals surface area contributed by atoms with Gasteiger partial charge in [0.25, 0.3) is 5.91 Å². The van der Waals surface area contributed by atoms with Crippen molar-refractivity contribution < 1.29 is 14.3 Å². The van der Waals surface area contributed by atoms with Crippen molar-refractivity contribution in [1.29, 1.82) is 5.26 Å². The van der Waals surface area contributed by atoms with Gasteiger partial charge in [-0.15, -0.1) is 34.9 Å². The van der Waals surface area contributed by atoms with Crippen LogP contribution in [0.2, 0.25) is 0 Å². The fraction of sp³-hybridized carbons (Fsp3) is 0.278.